The number of rotatable bonds is 3. The van der Waals surface area contributed by atoms with Crippen LogP contribution in [0, 0.1) is 5.92 Å². The Hall–Kier alpha value is -2.59. The second kappa shape index (κ2) is 9.50. The van der Waals surface area contributed by atoms with E-state index >= 15 is 0 Å². The largest absolute Gasteiger partial charge is 0.444 e. The Morgan fingerprint density at radius 2 is 1.56 bits per heavy atom. The molecule has 8 nitrogen and oxygen atoms in total. The minimum absolute atomic E-state index is 0.00238. The first-order valence-corrected chi connectivity index (χ1v) is 10.8. The summed E-state index contributed by atoms with van der Waals surface area (Å²) in [5.74, 6) is 0.244. The Kier molecular flexibility index (Phi) is 7.14. The number of hydrogen-bond acceptors (Lipinski definition) is 6. The van der Waals surface area contributed by atoms with E-state index in [9.17, 15) is 22.8 Å². The van der Waals surface area contributed by atoms with E-state index in [1.807, 2.05) is 20.8 Å². The number of alkyl carbamates (subject to hydrolysis) is 1. The van der Waals surface area contributed by atoms with Gasteiger partial charge in [0.15, 0.2) is 0 Å². The molecule has 0 radical (unpaired) electrons. The molecule has 0 unspecified atom stereocenters. The Morgan fingerprint density at radius 1 is 1.00 bits per heavy atom. The van der Waals surface area contributed by atoms with Gasteiger partial charge in [-0.1, -0.05) is 0 Å². The molecule has 0 spiro atoms. The molecule has 1 aromatic heterocycles. The van der Waals surface area contributed by atoms with Gasteiger partial charge in [0.25, 0.3) is 0 Å². The van der Waals surface area contributed by atoms with Gasteiger partial charge in [-0.15, -0.1) is 0 Å². The smallest absolute Gasteiger partial charge is 0.419 e. The molecule has 1 saturated heterocycles. The Morgan fingerprint density at radius 3 is 2.06 bits per heavy atom. The molecular weight excluding hydrogens is 427 g/mol. The molecule has 32 heavy (non-hydrogen) atoms. The molecule has 0 aromatic carbocycles. The van der Waals surface area contributed by atoms with E-state index < -0.39 is 23.4 Å². The molecule has 1 saturated carbocycles. The van der Waals surface area contributed by atoms with Crippen molar-refractivity contribution in [1.82, 2.24) is 20.2 Å². The number of aromatic nitrogens is 2. The molecule has 1 aliphatic carbocycles. The van der Waals surface area contributed by atoms with Crippen LogP contribution in [0.2, 0.25) is 0 Å². The number of nitrogens with one attached hydrogen (secondary N) is 1. The van der Waals surface area contributed by atoms with Crippen molar-refractivity contribution < 1.29 is 27.5 Å². The molecular formula is C21H30F3N5O3. The molecule has 2 heterocycles. The minimum atomic E-state index is -4.47. The highest BCUT2D eigenvalue weighted by atomic mass is 19.4. The molecule has 2 amide bonds. The predicted molar refractivity (Wildman–Crippen MR) is 111 cm³/mol. The molecule has 1 aliphatic heterocycles. The lowest BCUT2D eigenvalue weighted by molar-refractivity contribution is -0.138. The lowest BCUT2D eigenvalue weighted by Gasteiger charge is -2.38. The second-order valence-electron chi connectivity index (χ2n) is 9.28. The second-order valence-corrected chi connectivity index (χ2v) is 9.28. The molecule has 2 aliphatic rings. The number of carbonyl (C=O) groups is 2. The van der Waals surface area contributed by atoms with E-state index in [-0.39, 0.29) is 23.8 Å². The van der Waals surface area contributed by atoms with Crippen molar-refractivity contribution in [2.24, 2.45) is 5.92 Å². The van der Waals surface area contributed by atoms with Crippen molar-refractivity contribution >= 4 is 17.9 Å². The quantitative estimate of drug-likeness (QED) is 0.750. The van der Waals surface area contributed by atoms with Gasteiger partial charge in [-0.3, -0.25) is 4.79 Å². The molecule has 0 bridgehead atoms. The molecule has 1 N–H and O–H groups in total. The maximum Gasteiger partial charge on any atom is 0.419 e. The number of halogens is 3. The maximum atomic E-state index is 12.9. The van der Waals surface area contributed by atoms with Crippen LogP contribution in [0.5, 0.6) is 0 Å². The SMILES string of the molecule is CC(C)(C)OC(=O)NC1CCC(C(=O)N2CCN(c3ncc(C(F)(F)F)cn3)CC2)CC1. The summed E-state index contributed by atoms with van der Waals surface area (Å²) in [5.41, 5.74) is -1.43. The number of piperazine rings is 1. The van der Waals surface area contributed by atoms with E-state index in [0.717, 1.165) is 25.2 Å². The topological polar surface area (TPSA) is 87.7 Å². The van der Waals surface area contributed by atoms with Crippen LogP contribution in [0.4, 0.5) is 23.9 Å². The first-order chi connectivity index (χ1) is 14.9. The average molecular weight is 457 g/mol. The van der Waals surface area contributed by atoms with Gasteiger partial charge in [-0.25, -0.2) is 14.8 Å². The van der Waals surface area contributed by atoms with Crippen LogP contribution in [0.1, 0.15) is 52.0 Å². The van der Waals surface area contributed by atoms with E-state index in [1.165, 1.54) is 0 Å². The van der Waals surface area contributed by atoms with E-state index in [4.69, 9.17) is 4.74 Å². The number of ether oxygens (including phenoxy) is 1. The number of alkyl halides is 3. The van der Waals surface area contributed by atoms with Crippen molar-refractivity contribution in [3.63, 3.8) is 0 Å². The number of hydrogen-bond donors (Lipinski definition) is 1. The summed E-state index contributed by atoms with van der Waals surface area (Å²) < 4.78 is 43.3. The molecule has 178 valence electrons. The first-order valence-electron chi connectivity index (χ1n) is 10.8. The highest BCUT2D eigenvalue weighted by Crippen LogP contribution is 2.29. The summed E-state index contributed by atoms with van der Waals surface area (Å²) in [6, 6.07) is 0.00238. The van der Waals surface area contributed by atoms with Crippen LogP contribution in [0.3, 0.4) is 0 Å². The fourth-order valence-corrected chi connectivity index (χ4v) is 3.97. The number of anilines is 1. The van der Waals surface area contributed by atoms with Crippen molar-refractivity contribution in [1.29, 1.82) is 0 Å². The minimum Gasteiger partial charge on any atom is -0.444 e. The van der Waals surface area contributed by atoms with Gasteiger partial charge < -0.3 is 19.9 Å². The van der Waals surface area contributed by atoms with E-state index in [2.05, 4.69) is 15.3 Å². The summed E-state index contributed by atoms with van der Waals surface area (Å²) in [6.45, 7) is 7.31. The van der Waals surface area contributed by atoms with Gasteiger partial charge in [0.05, 0.1) is 5.56 Å². The predicted octanol–water partition coefficient (Wildman–Crippen LogP) is 3.23. The van der Waals surface area contributed by atoms with Crippen LogP contribution in [0.25, 0.3) is 0 Å². The normalized spacial score (nSPS) is 22.4. The van der Waals surface area contributed by atoms with Gasteiger partial charge >= 0.3 is 12.3 Å². The average Bonchev–Trinajstić information content (AvgIpc) is 2.72. The maximum absolute atomic E-state index is 12.9. The fourth-order valence-electron chi connectivity index (χ4n) is 3.97. The first kappa shape index (κ1) is 24.1. The van der Waals surface area contributed by atoms with Crippen LogP contribution in [-0.2, 0) is 15.7 Å². The van der Waals surface area contributed by atoms with Gasteiger partial charge in [0.2, 0.25) is 11.9 Å². The molecule has 0 atom stereocenters. The van der Waals surface area contributed by atoms with Crippen LogP contribution < -0.4 is 10.2 Å². The summed E-state index contributed by atoms with van der Waals surface area (Å²) in [6.07, 6.45) is -0.514. The zero-order chi connectivity index (χ0) is 23.5. The number of nitrogens with zero attached hydrogens (tertiary/aromatic N) is 4. The standard InChI is InChI=1S/C21H30F3N5O3/c1-20(2,3)32-19(31)27-16-6-4-14(5-7-16)17(30)28-8-10-29(11-9-28)18-25-12-15(13-26-18)21(22,23)24/h12-14,16H,4-11H2,1-3H3,(H,27,31). The van der Waals surface area contributed by atoms with Crippen molar-refractivity contribution in [2.45, 2.75) is 64.3 Å². The van der Waals surface area contributed by atoms with Gasteiger partial charge in [0.1, 0.15) is 5.60 Å². The van der Waals surface area contributed by atoms with Crippen LogP contribution in [0.15, 0.2) is 12.4 Å². The van der Waals surface area contributed by atoms with Crippen LogP contribution >= 0.6 is 0 Å². The fraction of sp³-hybridized carbons (Fsp3) is 0.714. The third kappa shape index (κ3) is 6.46. The highest BCUT2D eigenvalue weighted by molar-refractivity contribution is 5.79. The van der Waals surface area contributed by atoms with Crippen molar-refractivity contribution in [2.75, 3.05) is 31.1 Å². The van der Waals surface area contributed by atoms with Crippen molar-refractivity contribution in [3.05, 3.63) is 18.0 Å². The lowest BCUT2D eigenvalue weighted by atomic mass is 9.85. The van der Waals surface area contributed by atoms with Crippen molar-refractivity contribution in [3.8, 4) is 0 Å². The number of carbonyl (C=O) groups excluding carboxylic acids is 2. The summed E-state index contributed by atoms with van der Waals surface area (Å²) in [4.78, 5) is 36.1. The van der Waals surface area contributed by atoms with Gasteiger partial charge in [0, 0.05) is 50.5 Å². The van der Waals surface area contributed by atoms with Gasteiger partial charge in [-0.05, 0) is 46.5 Å². The Bertz CT molecular complexity index is 794. The molecule has 1 aromatic rings. The third-order valence-corrected chi connectivity index (χ3v) is 5.64. The lowest BCUT2D eigenvalue weighted by Crippen LogP contribution is -2.51. The van der Waals surface area contributed by atoms with E-state index in [1.54, 1.807) is 9.80 Å². The number of amides is 2. The summed E-state index contributed by atoms with van der Waals surface area (Å²) >= 11 is 0. The molecule has 2 fully saturated rings. The Balaban J connectivity index is 1.43. The third-order valence-electron chi connectivity index (χ3n) is 5.64. The highest BCUT2D eigenvalue weighted by Gasteiger charge is 2.34. The van der Waals surface area contributed by atoms with Crippen LogP contribution in [-0.4, -0.2) is 64.7 Å². The summed E-state index contributed by atoms with van der Waals surface area (Å²) in [5, 5.41) is 2.87. The van der Waals surface area contributed by atoms with Gasteiger partial charge in [-0.2, -0.15) is 13.2 Å². The molecule has 3 rings (SSSR count). The molecule has 11 heteroatoms. The Labute approximate surface area is 185 Å². The zero-order valence-corrected chi connectivity index (χ0v) is 18.6. The monoisotopic (exact) mass is 457 g/mol. The summed E-state index contributed by atoms with van der Waals surface area (Å²) in [7, 11) is 0. The van der Waals surface area contributed by atoms with E-state index in [0.29, 0.717) is 39.0 Å². The zero-order valence-electron chi connectivity index (χ0n) is 18.6.